The first-order valence-corrected chi connectivity index (χ1v) is 5.35. The van der Waals surface area contributed by atoms with Crippen LogP contribution in [0.1, 0.15) is 5.56 Å². The average Bonchev–Trinajstić information content (AvgIpc) is 2.47. The molecule has 72 valence electrons. The van der Waals surface area contributed by atoms with Gasteiger partial charge in [0, 0.05) is 16.2 Å². The third-order valence-electron chi connectivity index (χ3n) is 2.27. The molecule has 1 aromatic carbocycles. The zero-order chi connectivity index (χ0) is 10.1. The fraction of sp³-hybridized carbons (Fsp3) is 0.167. The molecule has 2 heteroatoms. The number of fused-ring (bicyclic) bond motifs is 1. The van der Waals surface area contributed by atoms with Crippen LogP contribution in [-0.4, -0.2) is 4.57 Å². The van der Waals surface area contributed by atoms with Gasteiger partial charge >= 0.3 is 0 Å². The van der Waals surface area contributed by atoms with Crippen LogP contribution in [0.25, 0.3) is 10.9 Å². The molecule has 0 N–H and O–H groups in total. The van der Waals surface area contributed by atoms with E-state index in [4.69, 9.17) is 0 Å². The minimum absolute atomic E-state index is 0.826. The Morgan fingerprint density at radius 1 is 1.43 bits per heavy atom. The lowest BCUT2D eigenvalue weighted by Gasteiger charge is -2.03. The molecule has 0 saturated heterocycles. The molecule has 1 nitrogen and oxygen atoms in total. The molecule has 0 bridgehead atoms. The summed E-state index contributed by atoms with van der Waals surface area (Å²) in [6.45, 7) is 6.79. The molecule has 2 aromatic rings. The summed E-state index contributed by atoms with van der Waals surface area (Å²) in [4.78, 5) is 0. The predicted octanol–water partition coefficient (Wildman–Crippen LogP) is 3.86. The van der Waals surface area contributed by atoms with Crippen molar-refractivity contribution in [2.45, 2.75) is 13.5 Å². The summed E-state index contributed by atoms with van der Waals surface area (Å²) < 4.78 is 3.18. The number of hydrogen-bond donors (Lipinski definition) is 0. The quantitative estimate of drug-likeness (QED) is 0.762. The van der Waals surface area contributed by atoms with Crippen molar-refractivity contribution < 1.29 is 0 Å². The molecule has 0 amide bonds. The molecule has 1 aromatic heterocycles. The van der Waals surface area contributed by atoms with Crippen molar-refractivity contribution in [2.24, 2.45) is 0 Å². The smallest absolute Gasteiger partial charge is 0.0535 e. The van der Waals surface area contributed by atoms with E-state index < -0.39 is 0 Å². The molecule has 0 spiro atoms. The Balaban J connectivity index is 2.52. The Labute approximate surface area is 92.2 Å². The van der Waals surface area contributed by atoms with Crippen LogP contribution in [0.2, 0.25) is 0 Å². The van der Waals surface area contributed by atoms with Crippen molar-refractivity contribution >= 4 is 26.8 Å². The summed E-state index contributed by atoms with van der Waals surface area (Å²) in [6, 6.07) is 8.62. The van der Waals surface area contributed by atoms with E-state index in [1.54, 1.807) is 0 Å². The number of halogens is 1. The molecular formula is C12H12BrN. The van der Waals surface area contributed by atoms with Crippen molar-refractivity contribution in [3.05, 3.63) is 47.1 Å². The van der Waals surface area contributed by atoms with Gasteiger partial charge in [-0.25, -0.2) is 0 Å². The van der Waals surface area contributed by atoms with Crippen molar-refractivity contribution in [1.29, 1.82) is 0 Å². The Kier molecular flexibility index (Phi) is 2.46. The maximum atomic E-state index is 3.85. The standard InChI is InChI=1S/C12H12BrN/c1-9-3-4-12-11(7-9)5-6-14(12)8-10(2)13/h3-7H,2,8H2,1H3. The second-order valence-electron chi connectivity index (χ2n) is 3.52. The van der Waals surface area contributed by atoms with Gasteiger partial charge in [0.05, 0.1) is 6.54 Å². The largest absolute Gasteiger partial charge is 0.343 e. The van der Waals surface area contributed by atoms with Gasteiger partial charge in [0.2, 0.25) is 0 Å². The highest BCUT2D eigenvalue weighted by atomic mass is 79.9. The predicted molar refractivity (Wildman–Crippen MR) is 64.7 cm³/mol. The van der Waals surface area contributed by atoms with Gasteiger partial charge in [0.15, 0.2) is 0 Å². The average molecular weight is 250 g/mol. The lowest BCUT2D eigenvalue weighted by molar-refractivity contribution is 0.858. The molecule has 0 aliphatic carbocycles. The summed E-state index contributed by atoms with van der Waals surface area (Å²) >= 11 is 3.38. The molecule has 0 unspecified atom stereocenters. The monoisotopic (exact) mass is 249 g/mol. The first-order chi connectivity index (χ1) is 6.66. The summed E-state index contributed by atoms with van der Waals surface area (Å²) in [5, 5.41) is 1.29. The summed E-state index contributed by atoms with van der Waals surface area (Å²) in [6.07, 6.45) is 2.09. The molecule has 2 rings (SSSR count). The summed E-state index contributed by atoms with van der Waals surface area (Å²) in [5.74, 6) is 0. The number of benzene rings is 1. The molecule has 0 aliphatic heterocycles. The fourth-order valence-electron chi connectivity index (χ4n) is 1.64. The van der Waals surface area contributed by atoms with Crippen molar-refractivity contribution in [2.75, 3.05) is 0 Å². The first kappa shape index (κ1) is 9.53. The molecule has 0 fully saturated rings. The number of hydrogen-bond acceptors (Lipinski definition) is 0. The Bertz CT molecular complexity index is 482. The molecular weight excluding hydrogens is 238 g/mol. The number of nitrogens with zero attached hydrogens (tertiary/aromatic N) is 1. The van der Waals surface area contributed by atoms with E-state index >= 15 is 0 Å². The van der Waals surface area contributed by atoms with E-state index in [9.17, 15) is 0 Å². The maximum Gasteiger partial charge on any atom is 0.0535 e. The van der Waals surface area contributed by atoms with E-state index in [1.807, 2.05) is 0 Å². The van der Waals surface area contributed by atoms with Crippen LogP contribution in [-0.2, 0) is 6.54 Å². The van der Waals surface area contributed by atoms with Gasteiger partial charge in [-0.2, -0.15) is 0 Å². The molecule has 1 heterocycles. The van der Waals surface area contributed by atoms with Gasteiger partial charge in [-0.05, 0) is 30.5 Å². The van der Waals surface area contributed by atoms with Crippen LogP contribution in [0, 0.1) is 6.92 Å². The highest BCUT2D eigenvalue weighted by molar-refractivity contribution is 9.11. The second kappa shape index (κ2) is 3.62. The van der Waals surface area contributed by atoms with Gasteiger partial charge in [-0.3, -0.25) is 0 Å². The second-order valence-corrected chi connectivity index (χ2v) is 4.64. The van der Waals surface area contributed by atoms with E-state index in [1.165, 1.54) is 16.5 Å². The lowest BCUT2D eigenvalue weighted by Crippen LogP contribution is -1.94. The number of allylic oxidation sites excluding steroid dienone is 1. The third kappa shape index (κ3) is 1.75. The van der Waals surface area contributed by atoms with Crippen LogP contribution < -0.4 is 0 Å². The summed E-state index contributed by atoms with van der Waals surface area (Å²) in [7, 11) is 0. The van der Waals surface area contributed by atoms with Crippen LogP contribution in [0.15, 0.2) is 41.5 Å². The molecule has 14 heavy (non-hydrogen) atoms. The van der Waals surface area contributed by atoms with E-state index in [0.29, 0.717) is 0 Å². The number of aryl methyl sites for hydroxylation is 1. The third-order valence-corrected chi connectivity index (χ3v) is 2.52. The van der Waals surface area contributed by atoms with Crippen molar-refractivity contribution in [1.82, 2.24) is 4.57 Å². The molecule has 0 atom stereocenters. The highest BCUT2D eigenvalue weighted by Gasteiger charge is 2.00. The zero-order valence-electron chi connectivity index (χ0n) is 8.13. The normalized spacial score (nSPS) is 10.7. The Morgan fingerprint density at radius 3 is 2.93 bits per heavy atom. The number of aromatic nitrogens is 1. The topological polar surface area (TPSA) is 4.93 Å². The molecule has 0 aliphatic rings. The maximum absolute atomic E-state index is 3.85. The van der Waals surface area contributed by atoms with Crippen molar-refractivity contribution in [3.8, 4) is 0 Å². The van der Waals surface area contributed by atoms with E-state index in [0.717, 1.165) is 11.0 Å². The van der Waals surface area contributed by atoms with Crippen molar-refractivity contribution in [3.63, 3.8) is 0 Å². The van der Waals surface area contributed by atoms with E-state index in [2.05, 4.69) is 64.5 Å². The fourth-order valence-corrected chi connectivity index (χ4v) is 1.91. The minimum Gasteiger partial charge on any atom is -0.343 e. The van der Waals surface area contributed by atoms with Crippen LogP contribution >= 0.6 is 15.9 Å². The van der Waals surface area contributed by atoms with Gasteiger partial charge in [-0.15, -0.1) is 0 Å². The Hall–Kier alpha value is -1.02. The first-order valence-electron chi connectivity index (χ1n) is 4.55. The van der Waals surface area contributed by atoms with Gasteiger partial charge in [-0.1, -0.05) is 34.1 Å². The van der Waals surface area contributed by atoms with Crippen LogP contribution in [0.5, 0.6) is 0 Å². The zero-order valence-corrected chi connectivity index (χ0v) is 9.71. The van der Waals surface area contributed by atoms with E-state index in [-0.39, 0.29) is 0 Å². The highest BCUT2D eigenvalue weighted by Crippen LogP contribution is 2.19. The molecule has 0 radical (unpaired) electrons. The minimum atomic E-state index is 0.826. The lowest BCUT2D eigenvalue weighted by atomic mass is 10.2. The van der Waals surface area contributed by atoms with Gasteiger partial charge in [0.25, 0.3) is 0 Å². The van der Waals surface area contributed by atoms with Gasteiger partial charge in [0.1, 0.15) is 0 Å². The van der Waals surface area contributed by atoms with Gasteiger partial charge < -0.3 is 4.57 Å². The van der Waals surface area contributed by atoms with Crippen LogP contribution in [0.4, 0.5) is 0 Å². The summed E-state index contributed by atoms with van der Waals surface area (Å²) in [5.41, 5.74) is 2.56. The van der Waals surface area contributed by atoms with Crippen LogP contribution in [0.3, 0.4) is 0 Å². The molecule has 0 saturated carbocycles. The number of rotatable bonds is 2. The Morgan fingerprint density at radius 2 is 2.21 bits per heavy atom. The SMILES string of the molecule is C=C(Br)Cn1ccc2cc(C)ccc21.